The number of nitrogens with one attached hydrogen (secondary N) is 1. The maximum atomic E-state index is 5.63. The molecule has 4 aromatic rings. The first-order chi connectivity index (χ1) is 11.4. The average Bonchev–Trinajstić information content (AvgIpc) is 3.33. The molecule has 116 valence electrons. The fourth-order valence-corrected chi connectivity index (χ4v) is 4.52. The second-order valence-electron chi connectivity index (χ2n) is 5.86. The van der Waals surface area contributed by atoms with E-state index in [1.165, 1.54) is 4.88 Å². The summed E-state index contributed by atoms with van der Waals surface area (Å²) in [6, 6.07) is 6.34. The highest BCUT2D eigenvalue weighted by Gasteiger charge is 2.41. The van der Waals surface area contributed by atoms with Gasteiger partial charge in [0.05, 0.1) is 17.1 Å². The van der Waals surface area contributed by atoms with Crippen molar-refractivity contribution in [1.82, 2.24) is 24.6 Å². The van der Waals surface area contributed by atoms with Gasteiger partial charge in [-0.15, -0.1) is 21.5 Å². The molecule has 1 aliphatic rings. The molecular formula is C16H15N5OS. The van der Waals surface area contributed by atoms with Crippen molar-refractivity contribution in [1.29, 1.82) is 0 Å². The summed E-state index contributed by atoms with van der Waals surface area (Å²) in [5.41, 5.74) is 2.52. The van der Waals surface area contributed by atoms with Gasteiger partial charge in [0.15, 0.2) is 11.3 Å². The Hall–Kier alpha value is -2.25. The summed E-state index contributed by atoms with van der Waals surface area (Å²) < 4.78 is 7.78. The van der Waals surface area contributed by atoms with Crippen molar-refractivity contribution in [3.05, 3.63) is 46.7 Å². The summed E-state index contributed by atoms with van der Waals surface area (Å²) in [6.45, 7) is 1.49. The fourth-order valence-electron chi connectivity index (χ4n) is 3.54. The zero-order valence-corrected chi connectivity index (χ0v) is 13.2. The Balaban J connectivity index is 1.84. The van der Waals surface area contributed by atoms with Gasteiger partial charge in [0.25, 0.3) is 0 Å². The molecular weight excluding hydrogens is 310 g/mol. The number of ether oxygens (including phenoxy) is 1. The molecule has 0 bridgehead atoms. The molecule has 0 spiro atoms. The fraction of sp³-hybridized carbons (Fsp3) is 0.312. The first-order valence-electron chi connectivity index (χ1n) is 7.68. The molecule has 1 N–H and O–H groups in total. The quantitative estimate of drug-likeness (QED) is 0.615. The van der Waals surface area contributed by atoms with E-state index in [-0.39, 0.29) is 5.41 Å². The lowest BCUT2D eigenvalue weighted by atomic mass is 9.78. The largest absolute Gasteiger partial charge is 0.381 e. The molecule has 0 atom stereocenters. The third-order valence-corrected chi connectivity index (χ3v) is 5.78. The van der Waals surface area contributed by atoms with Gasteiger partial charge in [0.1, 0.15) is 5.82 Å². The molecule has 1 saturated heterocycles. The number of hydrogen-bond acceptors (Lipinski definition) is 5. The second-order valence-corrected chi connectivity index (χ2v) is 6.81. The van der Waals surface area contributed by atoms with E-state index in [0.717, 1.165) is 48.7 Å². The predicted octanol–water partition coefficient (Wildman–Crippen LogP) is 2.76. The summed E-state index contributed by atoms with van der Waals surface area (Å²) in [5.74, 6) is 0.991. The number of hydrogen-bond donors (Lipinski definition) is 1. The third-order valence-electron chi connectivity index (χ3n) is 4.71. The van der Waals surface area contributed by atoms with Crippen molar-refractivity contribution >= 4 is 28.1 Å². The topological polar surface area (TPSA) is 68.1 Å². The first kappa shape index (κ1) is 13.2. The summed E-state index contributed by atoms with van der Waals surface area (Å²) in [7, 11) is 0. The lowest BCUT2D eigenvalue weighted by Gasteiger charge is -2.35. The zero-order valence-electron chi connectivity index (χ0n) is 12.4. The highest BCUT2D eigenvalue weighted by atomic mass is 32.1. The minimum absolute atomic E-state index is 0.141. The zero-order chi connectivity index (χ0) is 15.3. The molecule has 5 rings (SSSR count). The second kappa shape index (κ2) is 4.87. The third kappa shape index (κ3) is 1.80. The monoisotopic (exact) mass is 325 g/mol. The van der Waals surface area contributed by atoms with Gasteiger partial charge in [-0.3, -0.25) is 4.40 Å². The van der Waals surface area contributed by atoms with Gasteiger partial charge in [-0.1, -0.05) is 6.07 Å². The molecule has 4 aromatic heterocycles. The molecule has 0 aliphatic carbocycles. The van der Waals surface area contributed by atoms with Crippen molar-refractivity contribution in [3.8, 4) is 0 Å². The van der Waals surface area contributed by atoms with Crippen LogP contribution >= 0.6 is 11.3 Å². The Bertz CT molecular complexity index is 965. The van der Waals surface area contributed by atoms with Crippen LogP contribution in [0.15, 0.2) is 36.0 Å². The molecule has 6 nitrogen and oxygen atoms in total. The van der Waals surface area contributed by atoms with Gasteiger partial charge < -0.3 is 9.72 Å². The molecule has 23 heavy (non-hydrogen) atoms. The number of H-pyrrole nitrogens is 1. The Morgan fingerprint density at radius 1 is 1.22 bits per heavy atom. The number of rotatable bonds is 2. The van der Waals surface area contributed by atoms with Crippen LogP contribution in [-0.4, -0.2) is 37.8 Å². The lowest BCUT2D eigenvalue weighted by molar-refractivity contribution is 0.0613. The maximum absolute atomic E-state index is 5.63. The van der Waals surface area contributed by atoms with Gasteiger partial charge >= 0.3 is 0 Å². The van der Waals surface area contributed by atoms with Gasteiger partial charge in [-0.25, -0.2) is 4.98 Å². The first-order valence-corrected chi connectivity index (χ1v) is 8.56. The van der Waals surface area contributed by atoms with E-state index in [9.17, 15) is 0 Å². The van der Waals surface area contributed by atoms with E-state index in [4.69, 9.17) is 4.74 Å². The van der Waals surface area contributed by atoms with Crippen molar-refractivity contribution < 1.29 is 4.74 Å². The van der Waals surface area contributed by atoms with Crippen LogP contribution in [0.4, 0.5) is 0 Å². The summed E-state index contributed by atoms with van der Waals surface area (Å²) >= 11 is 1.78. The summed E-state index contributed by atoms with van der Waals surface area (Å²) in [6.07, 6.45) is 5.52. The maximum Gasteiger partial charge on any atom is 0.179 e. The van der Waals surface area contributed by atoms with Crippen LogP contribution in [0.2, 0.25) is 0 Å². The summed E-state index contributed by atoms with van der Waals surface area (Å²) in [4.78, 5) is 8.91. The molecule has 0 aromatic carbocycles. The molecule has 0 radical (unpaired) electrons. The van der Waals surface area contributed by atoms with E-state index in [1.807, 2.05) is 12.3 Å². The van der Waals surface area contributed by atoms with Crippen molar-refractivity contribution in [2.24, 2.45) is 0 Å². The van der Waals surface area contributed by atoms with Crippen LogP contribution in [0, 0.1) is 0 Å². The SMILES string of the molecule is c1csc(C2(c3nnc4cnc5[nH]ccc5n34)CCOCC2)c1. The molecule has 0 saturated carbocycles. The smallest absolute Gasteiger partial charge is 0.179 e. The molecule has 7 heteroatoms. The van der Waals surface area contributed by atoms with Crippen molar-refractivity contribution in [2.45, 2.75) is 18.3 Å². The molecule has 0 amide bonds. The highest BCUT2D eigenvalue weighted by Crippen LogP contribution is 2.42. The van der Waals surface area contributed by atoms with Crippen LogP contribution in [-0.2, 0) is 10.2 Å². The van der Waals surface area contributed by atoms with E-state index >= 15 is 0 Å². The predicted molar refractivity (Wildman–Crippen MR) is 87.8 cm³/mol. The van der Waals surface area contributed by atoms with Gasteiger partial charge in [-0.2, -0.15) is 0 Å². The average molecular weight is 325 g/mol. The van der Waals surface area contributed by atoms with Gasteiger partial charge in [0, 0.05) is 24.3 Å². The van der Waals surface area contributed by atoms with Gasteiger partial charge in [0.2, 0.25) is 0 Å². The normalized spacial score (nSPS) is 17.9. The van der Waals surface area contributed by atoms with Crippen molar-refractivity contribution in [3.63, 3.8) is 0 Å². The standard InChI is InChI=1S/C16H15N5OS/c1-2-12(23-9-1)16(4-7-22-8-5-16)15-20-19-13-10-18-14-11(21(13)15)3-6-17-14/h1-3,6,9-10,17H,4-5,7-8H2. The Kier molecular flexibility index (Phi) is 2.80. The molecule has 5 heterocycles. The molecule has 1 fully saturated rings. The van der Waals surface area contributed by atoms with E-state index in [1.54, 1.807) is 17.5 Å². The van der Waals surface area contributed by atoms with E-state index in [2.05, 4.69) is 42.1 Å². The van der Waals surface area contributed by atoms with Crippen LogP contribution < -0.4 is 0 Å². The number of aromatic nitrogens is 5. The minimum Gasteiger partial charge on any atom is -0.381 e. The van der Waals surface area contributed by atoms with E-state index < -0.39 is 0 Å². The van der Waals surface area contributed by atoms with Crippen LogP contribution in [0.3, 0.4) is 0 Å². The molecule has 0 unspecified atom stereocenters. The number of fused-ring (bicyclic) bond motifs is 3. The number of nitrogens with zero attached hydrogens (tertiary/aromatic N) is 4. The number of thiophene rings is 1. The van der Waals surface area contributed by atoms with Crippen LogP contribution in [0.5, 0.6) is 0 Å². The Morgan fingerprint density at radius 2 is 2.13 bits per heavy atom. The Morgan fingerprint density at radius 3 is 2.96 bits per heavy atom. The van der Waals surface area contributed by atoms with Crippen molar-refractivity contribution in [2.75, 3.05) is 13.2 Å². The van der Waals surface area contributed by atoms with Gasteiger partial charge in [-0.05, 0) is 30.4 Å². The summed E-state index contributed by atoms with van der Waals surface area (Å²) in [5, 5.41) is 11.1. The number of aromatic amines is 1. The van der Waals surface area contributed by atoms with Crippen LogP contribution in [0.1, 0.15) is 23.5 Å². The van der Waals surface area contributed by atoms with Crippen LogP contribution in [0.25, 0.3) is 16.8 Å². The lowest BCUT2D eigenvalue weighted by Crippen LogP contribution is -2.36. The van der Waals surface area contributed by atoms with E-state index in [0.29, 0.717) is 0 Å². The Labute approximate surface area is 136 Å². The minimum atomic E-state index is -0.141. The molecule has 1 aliphatic heterocycles. The highest BCUT2D eigenvalue weighted by molar-refractivity contribution is 7.10.